The fourth-order valence-electron chi connectivity index (χ4n) is 3.85. The molecule has 1 N–H and O–H groups in total. The van der Waals surface area contributed by atoms with E-state index in [4.69, 9.17) is 0 Å². The van der Waals surface area contributed by atoms with E-state index in [-0.39, 0.29) is 5.56 Å². The molecule has 128 valence electrons. The topological polar surface area (TPSA) is 26.7 Å². The number of benzene rings is 1. The van der Waals surface area contributed by atoms with Crippen LogP contribution in [0.15, 0.2) is 18.2 Å². The maximum Gasteiger partial charge on any atom is 0.131 e. The molecule has 3 rings (SSSR count). The van der Waals surface area contributed by atoms with Gasteiger partial charge in [-0.1, -0.05) is 12.5 Å². The predicted molar refractivity (Wildman–Crippen MR) is 86.2 cm³/mol. The summed E-state index contributed by atoms with van der Waals surface area (Å²) in [6.07, 6.45) is 4.19. The van der Waals surface area contributed by atoms with Gasteiger partial charge in [0.25, 0.3) is 0 Å². The standard InChI is InChI=1S/C18H26F2N2O/c19-15-4-5-16(17(20)10-15)18(23)13-22-9-6-14(12-22)11-21-7-2-1-3-8-21/h4-5,10,14,18,23H,1-3,6-9,11-13H2. The normalized spacial score (nSPS) is 24.9. The smallest absolute Gasteiger partial charge is 0.131 e. The molecule has 0 saturated carbocycles. The van der Waals surface area contributed by atoms with Gasteiger partial charge in [-0.2, -0.15) is 0 Å². The number of aliphatic hydroxyl groups excluding tert-OH is 1. The van der Waals surface area contributed by atoms with Crippen molar-refractivity contribution in [1.82, 2.24) is 9.80 Å². The number of piperidine rings is 1. The first-order valence-electron chi connectivity index (χ1n) is 8.69. The Bertz CT molecular complexity index is 520. The van der Waals surface area contributed by atoms with Crippen LogP contribution in [-0.2, 0) is 0 Å². The van der Waals surface area contributed by atoms with E-state index in [1.807, 2.05) is 0 Å². The Hall–Kier alpha value is -1.04. The number of aliphatic hydroxyl groups is 1. The van der Waals surface area contributed by atoms with E-state index in [9.17, 15) is 13.9 Å². The minimum Gasteiger partial charge on any atom is -0.387 e. The van der Waals surface area contributed by atoms with Gasteiger partial charge in [0.15, 0.2) is 0 Å². The van der Waals surface area contributed by atoms with Crippen molar-refractivity contribution in [3.63, 3.8) is 0 Å². The molecule has 2 fully saturated rings. The van der Waals surface area contributed by atoms with Gasteiger partial charge in [-0.05, 0) is 50.9 Å². The molecule has 5 heteroatoms. The number of hydrogen-bond acceptors (Lipinski definition) is 3. The summed E-state index contributed by atoms with van der Waals surface area (Å²) in [7, 11) is 0. The van der Waals surface area contributed by atoms with Gasteiger partial charge in [0.05, 0.1) is 6.10 Å². The van der Waals surface area contributed by atoms with Gasteiger partial charge in [0.1, 0.15) is 11.6 Å². The van der Waals surface area contributed by atoms with Crippen LogP contribution in [-0.4, -0.2) is 54.2 Å². The van der Waals surface area contributed by atoms with Crippen molar-refractivity contribution in [1.29, 1.82) is 0 Å². The van der Waals surface area contributed by atoms with E-state index in [0.717, 1.165) is 32.1 Å². The summed E-state index contributed by atoms with van der Waals surface area (Å²) in [6, 6.07) is 3.38. The fraction of sp³-hybridized carbons (Fsp3) is 0.667. The zero-order valence-corrected chi connectivity index (χ0v) is 13.6. The minimum absolute atomic E-state index is 0.186. The largest absolute Gasteiger partial charge is 0.387 e. The van der Waals surface area contributed by atoms with Crippen molar-refractivity contribution in [3.05, 3.63) is 35.4 Å². The Morgan fingerprint density at radius 1 is 1.09 bits per heavy atom. The number of hydrogen-bond donors (Lipinski definition) is 1. The molecule has 2 unspecified atom stereocenters. The van der Waals surface area contributed by atoms with Crippen molar-refractivity contribution in [2.75, 3.05) is 39.3 Å². The van der Waals surface area contributed by atoms with E-state index in [0.29, 0.717) is 12.5 Å². The highest BCUT2D eigenvalue weighted by atomic mass is 19.1. The van der Waals surface area contributed by atoms with Crippen LogP contribution in [0.3, 0.4) is 0 Å². The summed E-state index contributed by atoms with van der Waals surface area (Å²) in [5.74, 6) is -0.638. The molecule has 1 aromatic carbocycles. The molecule has 0 amide bonds. The van der Waals surface area contributed by atoms with Gasteiger partial charge in [-0.15, -0.1) is 0 Å². The van der Waals surface area contributed by atoms with Crippen LogP contribution in [0.4, 0.5) is 8.78 Å². The Balaban J connectivity index is 1.49. The summed E-state index contributed by atoms with van der Waals surface area (Å²) in [5.41, 5.74) is 0.186. The van der Waals surface area contributed by atoms with Crippen molar-refractivity contribution in [2.45, 2.75) is 31.8 Å². The molecule has 2 aliphatic heterocycles. The summed E-state index contributed by atoms with van der Waals surface area (Å²) in [5, 5.41) is 10.2. The highest BCUT2D eigenvalue weighted by molar-refractivity contribution is 5.21. The highest BCUT2D eigenvalue weighted by Gasteiger charge is 2.27. The molecule has 23 heavy (non-hydrogen) atoms. The third kappa shape index (κ3) is 4.49. The van der Waals surface area contributed by atoms with E-state index >= 15 is 0 Å². The van der Waals surface area contributed by atoms with Crippen LogP contribution in [0.2, 0.25) is 0 Å². The van der Waals surface area contributed by atoms with Crippen molar-refractivity contribution < 1.29 is 13.9 Å². The summed E-state index contributed by atoms with van der Waals surface area (Å²) >= 11 is 0. The molecule has 1 aromatic rings. The van der Waals surface area contributed by atoms with Crippen LogP contribution in [0.25, 0.3) is 0 Å². The van der Waals surface area contributed by atoms with E-state index in [1.165, 1.54) is 44.5 Å². The first-order valence-corrected chi connectivity index (χ1v) is 8.69. The fourth-order valence-corrected chi connectivity index (χ4v) is 3.85. The van der Waals surface area contributed by atoms with Gasteiger partial charge in [0.2, 0.25) is 0 Å². The average Bonchev–Trinajstić information content (AvgIpc) is 2.95. The van der Waals surface area contributed by atoms with Crippen molar-refractivity contribution in [2.24, 2.45) is 5.92 Å². The van der Waals surface area contributed by atoms with Gasteiger partial charge < -0.3 is 14.9 Å². The molecular formula is C18H26F2N2O. The molecule has 2 saturated heterocycles. The second kappa shape index (κ2) is 7.69. The molecule has 0 bridgehead atoms. The molecule has 2 heterocycles. The molecule has 0 spiro atoms. The minimum atomic E-state index is -0.899. The number of β-amino-alcohol motifs (C(OH)–C–C–N with tert-alkyl or cyclic N) is 1. The van der Waals surface area contributed by atoms with E-state index < -0.39 is 17.7 Å². The summed E-state index contributed by atoms with van der Waals surface area (Å²) in [4.78, 5) is 4.75. The molecule has 0 aromatic heterocycles. The van der Waals surface area contributed by atoms with Crippen molar-refractivity contribution >= 4 is 0 Å². The van der Waals surface area contributed by atoms with E-state index in [1.54, 1.807) is 0 Å². The van der Waals surface area contributed by atoms with Gasteiger partial charge >= 0.3 is 0 Å². The first-order chi connectivity index (χ1) is 11.1. The molecule has 2 atom stereocenters. The van der Waals surface area contributed by atoms with Crippen LogP contribution < -0.4 is 0 Å². The lowest BCUT2D eigenvalue weighted by molar-refractivity contribution is 0.118. The average molecular weight is 324 g/mol. The lowest BCUT2D eigenvalue weighted by Crippen LogP contribution is -2.35. The highest BCUT2D eigenvalue weighted by Crippen LogP contribution is 2.24. The number of rotatable bonds is 5. The predicted octanol–water partition coefficient (Wildman–Crippen LogP) is 2.81. The van der Waals surface area contributed by atoms with Gasteiger partial charge in [0, 0.05) is 31.3 Å². The Kier molecular flexibility index (Phi) is 5.62. The number of halogens is 2. The molecular weight excluding hydrogens is 298 g/mol. The zero-order chi connectivity index (χ0) is 16.2. The van der Waals surface area contributed by atoms with E-state index in [2.05, 4.69) is 9.80 Å². The summed E-state index contributed by atoms with van der Waals surface area (Å²) in [6.45, 7) is 5.87. The molecule has 2 aliphatic rings. The Labute approximate surface area is 136 Å². The number of likely N-dealkylation sites (tertiary alicyclic amines) is 2. The molecule has 3 nitrogen and oxygen atoms in total. The lowest BCUT2D eigenvalue weighted by Gasteiger charge is -2.29. The number of nitrogens with zero attached hydrogens (tertiary/aromatic N) is 2. The SMILES string of the molecule is OC(CN1CCC(CN2CCCCC2)C1)c1ccc(F)cc1F. The second-order valence-corrected chi connectivity index (χ2v) is 6.96. The first kappa shape index (κ1) is 16.8. The van der Waals surface area contributed by atoms with Gasteiger partial charge in [-0.25, -0.2) is 8.78 Å². The van der Waals surface area contributed by atoms with Gasteiger partial charge in [-0.3, -0.25) is 0 Å². The third-order valence-corrected chi connectivity index (χ3v) is 5.09. The maximum atomic E-state index is 13.7. The van der Waals surface area contributed by atoms with Crippen LogP contribution in [0.5, 0.6) is 0 Å². The summed E-state index contributed by atoms with van der Waals surface area (Å²) < 4.78 is 26.7. The zero-order valence-electron chi connectivity index (χ0n) is 13.6. The second-order valence-electron chi connectivity index (χ2n) is 6.96. The maximum absolute atomic E-state index is 13.7. The molecule has 0 radical (unpaired) electrons. The lowest BCUT2D eigenvalue weighted by atomic mass is 10.1. The quantitative estimate of drug-likeness (QED) is 0.902. The monoisotopic (exact) mass is 324 g/mol. The van der Waals surface area contributed by atoms with Crippen LogP contribution in [0, 0.1) is 17.6 Å². The Morgan fingerprint density at radius 2 is 1.87 bits per heavy atom. The molecule has 0 aliphatic carbocycles. The third-order valence-electron chi connectivity index (χ3n) is 5.09. The Morgan fingerprint density at radius 3 is 2.61 bits per heavy atom. The van der Waals surface area contributed by atoms with Crippen LogP contribution in [0.1, 0.15) is 37.4 Å². The van der Waals surface area contributed by atoms with Crippen molar-refractivity contribution in [3.8, 4) is 0 Å². The van der Waals surface area contributed by atoms with Crippen LogP contribution >= 0.6 is 0 Å².